The van der Waals surface area contributed by atoms with Gasteiger partial charge in [0.2, 0.25) is 0 Å². The van der Waals surface area contributed by atoms with Crippen LogP contribution in [0.15, 0.2) is 28.7 Å². The average Bonchev–Trinajstić information content (AvgIpc) is 2.65. The highest BCUT2D eigenvalue weighted by Gasteiger charge is 2.16. The van der Waals surface area contributed by atoms with Crippen LogP contribution in [0.3, 0.4) is 0 Å². The summed E-state index contributed by atoms with van der Waals surface area (Å²) in [5, 5.41) is 3.29. The van der Waals surface area contributed by atoms with Gasteiger partial charge < -0.3 is 5.32 Å². The van der Waals surface area contributed by atoms with Gasteiger partial charge in [-0.2, -0.15) is 0 Å². The smallest absolute Gasteiger partial charge is 0.137 e. The molecular formula is C14H15BrFNS. The molecule has 4 heteroatoms. The molecule has 0 amide bonds. The number of rotatable bonds is 3. The van der Waals surface area contributed by atoms with Crippen molar-refractivity contribution in [2.45, 2.75) is 19.9 Å². The molecule has 0 spiro atoms. The lowest BCUT2D eigenvalue weighted by atomic mass is 10.0. The Kier molecular flexibility index (Phi) is 4.20. The maximum atomic E-state index is 13.3. The van der Waals surface area contributed by atoms with Gasteiger partial charge in [-0.25, -0.2) is 4.39 Å². The highest BCUT2D eigenvalue weighted by atomic mass is 79.9. The molecular weight excluding hydrogens is 313 g/mol. The fraction of sp³-hybridized carbons (Fsp3) is 0.286. The molecule has 0 radical (unpaired) electrons. The Morgan fingerprint density at radius 2 is 2.00 bits per heavy atom. The molecule has 1 aromatic heterocycles. The average molecular weight is 328 g/mol. The van der Waals surface area contributed by atoms with Crippen molar-refractivity contribution in [2.24, 2.45) is 0 Å². The molecule has 0 saturated carbocycles. The van der Waals surface area contributed by atoms with Crippen LogP contribution in [-0.2, 0) is 0 Å². The van der Waals surface area contributed by atoms with E-state index in [0.717, 1.165) is 5.56 Å². The van der Waals surface area contributed by atoms with Gasteiger partial charge in [0.1, 0.15) is 5.82 Å². The van der Waals surface area contributed by atoms with Crippen molar-refractivity contribution < 1.29 is 4.39 Å². The summed E-state index contributed by atoms with van der Waals surface area (Å²) in [5.74, 6) is -0.229. The summed E-state index contributed by atoms with van der Waals surface area (Å²) >= 11 is 5.02. The quantitative estimate of drug-likeness (QED) is 0.870. The molecule has 1 nitrogen and oxygen atoms in total. The van der Waals surface area contributed by atoms with Crippen molar-refractivity contribution in [2.75, 3.05) is 7.05 Å². The molecule has 1 unspecified atom stereocenters. The molecule has 2 rings (SSSR count). The van der Waals surface area contributed by atoms with Crippen LogP contribution in [0, 0.1) is 19.7 Å². The third-order valence-electron chi connectivity index (χ3n) is 3.04. The third-order valence-corrected chi connectivity index (χ3v) is 4.86. The molecule has 1 N–H and O–H groups in total. The Bertz CT molecular complexity index is 545. The molecule has 0 aliphatic rings. The lowest BCUT2D eigenvalue weighted by Gasteiger charge is -2.15. The summed E-state index contributed by atoms with van der Waals surface area (Å²) in [6, 6.07) is 7.46. The summed E-state index contributed by atoms with van der Waals surface area (Å²) in [6.07, 6.45) is 0. The van der Waals surface area contributed by atoms with Gasteiger partial charge in [-0.05, 0) is 66.2 Å². The van der Waals surface area contributed by atoms with Crippen molar-refractivity contribution in [1.82, 2.24) is 5.32 Å². The van der Waals surface area contributed by atoms with E-state index < -0.39 is 0 Å². The second-order valence-corrected chi connectivity index (χ2v) is 6.43. The summed E-state index contributed by atoms with van der Waals surface area (Å²) in [7, 11) is 1.92. The number of halogens is 2. The number of hydrogen-bond donors (Lipinski definition) is 1. The van der Waals surface area contributed by atoms with Crippen LogP contribution in [0.4, 0.5) is 4.39 Å². The molecule has 0 bridgehead atoms. The van der Waals surface area contributed by atoms with Crippen molar-refractivity contribution in [3.8, 4) is 0 Å². The van der Waals surface area contributed by atoms with Gasteiger partial charge in [0.05, 0.1) is 10.5 Å². The molecule has 96 valence electrons. The van der Waals surface area contributed by atoms with E-state index in [1.54, 1.807) is 11.3 Å². The molecule has 0 aliphatic carbocycles. The summed E-state index contributed by atoms with van der Waals surface area (Å²) in [4.78, 5) is 2.58. The number of aryl methyl sites for hydroxylation is 2. The highest BCUT2D eigenvalue weighted by molar-refractivity contribution is 9.10. The maximum Gasteiger partial charge on any atom is 0.137 e. The first kappa shape index (κ1) is 13.7. The number of thiophene rings is 1. The zero-order chi connectivity index (χ0) is 13.3. The molecule has 18 heavy (non-hydrogen) atoms. The minimum absolute atomic E-state index is 0.110. The van der Waals surface area contributed by atoms with Gasteiger partial charge in [0.25, 0.3) is 0 Å². The lowest BCUT2D eigenvalue weighted by Crippen LogP contribution is -2.16. The number of hydrogen-bond acceptors (Lipinski definition) is 2. The Hall–Kier alpha value is -0.710. The van der Waals surface area contributed by atoms with E-state index in [1.165, 1.54) is 21.4 Å². The van der Waals surface area contributed by atoms with Gasteiger partial charge >= 0.3 is 0 Å². The predicted molar refractivity (Wildman–Crippen MR) is 78.8 cm³/mol. The van der Waals surface area contributed by atoms with E-state index >= 15 is 0 Å². The number of benzene rings is 1. The minimum atomic E-state index is -0.229. The Morgan fingerprint density at radius 3 is 2.50 bits per heavy atom. The van der Waals surface area contributed by atoms with Crippen LogP contribution in [0.25, 0.3) is 0 Å². The molecule has 0 saturated heterocycles. The summed E-state index contributed by atoms with van der Waals surface area (Å²) in [5.41, 5.74) is 2.36. The zero-order valence-electron chi connectivity index (χ0n) is 10.6. The van der Waals surface area contributed by atoms with Gasteiger partial charge in [-0.3, -0.25) is 0 Å². The molecule has 1 heterocycles. The van der Waals surface area contributed by atoms with Crippen LogP contribution in [0.1, 0.15) is 26.9 Å². The molecule has 2 aromatic rings. The highest BCUT2D eigenvalue weighted by Crippen LogP contribution is 2.32. The summed E-state index contributed by atoms with van der Waals surface area (Å²) < 4.78 is 13.8. The maximum absolute atomic E-state index is 13.3. The normalized spacial score (nSPS) is 12.7. The topological polar surface area (TPSA) is 12.0 Å². The second-order valence-electron chi connectivity index (χ2n) is 4.28. The van der Waals surface area contributed by atoms with E-state index in [2.05, 4.69) is 41.2 Å². The predicted octanol–water partition coefficient (Wildman–Crippen LogP) is 4.58. The Morgan fingerprint density at radius 1 is 1.28 bits per heavy atom. The van der Waals surface area contributed by atoms with Crippen molar-refractivity contribution in [3.05, 3.63) is 55.4 Å². The van der Waals surface area contributed by atoms with Gasteiger partial charge in [0.15, 0.2) is 0 Å². The number of nitrogens with one attached hydrogen (secondary N) is 1. The van der Waals surface area contributed by atoms with Crippen LogP contribution in [-0.4, -0.2) is 7.05 Å². The Labute approximate surface area is 119 Å². The van der Waals surface area contributed by atoms with E-state index in [9.17, 15) is 4.39 Å². The lowest BCUT2D eigenvalue weighted by molar-refractivity contribution is 0.617. The third kappa shape index (κ3) is 2.66. The van der Waals surface area contributed by atoms with Gasteiger partial charge in [-0.15, -0.1) is 11.3 Å². The fourth-order valence-corrected chi connectivity index (χ4v) is 3.49. The van der Waals surface area contributed by atoms with E-state index in [0.29, 0.717) is 4.47 Å². The van der Waals surface area contributed by atoms with Crippen LogP contribution >= 0.6 is 27.3 Å². The first-order valence-electron chi connectivity index (χ1n) is 5.72. The van der Waals surface area contributed by atoms with Gasteiger partial charge in [0, 0.05) is 9.75 Å². The molecule has 0 aliphatic heterocycles. The standard InChI is InChI=1S/C14H15BrFNS/c1-8-6-13(18-9(8)2)14(17-3)10-4-5-12(16)11(15)7-10/h4-7,14,17H,1-3H3. The van der Waals surface area contributed by atoms with Crippen molar-refractivity contribution in [3.63, 3.8) is 0 Å². The molecule has 0 fully saturated rings. The summed E-state index contributed by atoms with van der Waals surface area (Å²) in [6.45, 7) is 4.24. The monoisotopic (exact) mass is 327 g/mol. The van der Waals surface area contributed by atoms with Gasteiger partial charge in [-0.1, -0.05) is 6.07 Å². The minimum Gasteiger partial charge on any atom is -0.309 e. The fourth-order valence-electron chi connectivity index (χ4n) is 1.91. The van der Waals surface area contributed by atoms with Crippen molar-refractivity contribution >= 4 is 27.3 Å². The Balaban J connectivity index is 2.41. The van der Waals surface area contributed by atoms with Crippen LogP contribution < -0.4 is 5.32 Å². The van der Waals surface area contributed by atoms with E-state index in [1.807, 2.05) is 19.2 Å². The van der Waals surface area contributed by atoms with Crippen LogP contribution in [0.2, 0.25) is 0 Å². The SMILES string of the molecule is CNC(c1ccc(F)c(Br)c1)c1cc(C)c(C)s1. The second kappa shape index (κ2) is 5.51. The van der Waals surface area contributed by atoms with E-state index in [4.69, 9.17) is 0 Å². The van der Waals surface area contributed by atoms with Crippen molar-refractivity contribution in [1.29, 1.82) is 0 Å². The van der Waals surface area contributed by atoms with Crippen LogP contribution in [0.5, 0.6) is 0 Å². The molecule has 1 aromatic carbocycles. The zero-order valence-corrected chi connectivity index (χ0v) is 13.0. The van der Waals surface area contributed by atoms with E-state index in [-0.39, 0.29) is 11.9 Å². The largest absolute Gasteiger partial charge is 0.309 e. The molecule has 1 atom stereocenters. The first-order valence-corrected chi connectivity index (χ1v) is 7.33. The first-order chi connectivity index (χ1) is 8.52.